The Morgan fingerprint density at radius 1 is 1.26 bits per heavy atom. The second-order valence-electron chi connectivity index (χ2n) is 5.30. The van der Waals surface area contributed by atoms with E-state index in [1.54, 1.807) is 4.90 Å². The monoisotopic (exact) mass is 681 g/mol. The molecule has 2 aromatic carbocycles. The number of rotatable bonds is 4. The molecule has 1 amide bonds. The van der Waals surface area contributed by atoms with Crippen LogP contribution in [0.3, 0.4) is 0 Å². The molecule has 0 saturated carbocycles. The van der Waals surface area contributed by atoms with Crippen molar-refractivity contribution in [1.82, 2.24) is 0 Å². The third-order valence-corrected chi connectivity index (χ3v) is 6.93. The maximum Gasteiger partial charge on any atom is 0.270 e. The summed E-state index contributed by atoms with van der Waals surface area (Å²) in [5, 5.41) is 0. The maximum absolute atomic E-state index is 12.9. The number of carbonyl (C=O) groups excluding carboxylic acids is 1. The summed E-state index contributed by atoms with van der Waals surface area (Å²) < 4.78 is 8.92. The number of nitrogens with zero attached hydrogens (tertiary/aromatic N) is 1. The molecule has 0 radical (unpaired) electrons. The van der Waals surface area contributed by atoms with Crippen molar-refractivity contribution in [3.8, 4) is 18.1 Å². The molecule has 0 spiro atoms. The Balaban J connectivity index is 1.90. The van der Waals surface area contributed by atoms with Crippen LogP contribution in [0.25, 0.3) is 6.08 Å². The van der Waals surface area contributed by atoms with E-state index in [4.69, 9.17) is 23.4 Å². The summed E-state index contributed by atoms with van der Waals surface area (Å²) in [4.78, 5) is 15.0. The predicted octanol–water partition coefficient (Wildman–Crippen LogP) is 6.08. The summed E-state index contributed by atoms with van der Waals surface area (Å²) in [6.07, 6.45) is 7.12. The molecular formula is C19H10BrI2NO2S2. The van der Waals surface area contributed by atoms with Gasteiger partial charge < -0.3 is 4.74 Å². The van der Waals surface area contributed by atoms with Gasteiger partial charge in [0, 0.05) is 4.47 Å². The maximum atomic E-state index is 12.9. The molecule has 0 unspecified atom stereocenters. The Morgan fingerprint density at radius 3 is 2.48 bits per heavy atom. The van der Waals surface area contributed by atoms with E-state index >= 15 is 0 Å². The highest BCUT2D eigenvalue weighted by atomic mass is 127. The van der Waals surface area contributed by atoms with Crippen LogP contribution in [0.4, 0.5) is 5.69 Å². The van der Waals surface area contributed by atoms with Crippen LogP contribution in [0.2, 0.25) is 0 Å². The summed E-state index contributed by atoms with van der Waals surface area (Å²) in [7, 11) is 0. The number of amides is 1. The van der Waals surface area contributed by atoms with Crippen LogP contribution in [0, 0.1) is 19.5 Å². The van der Waals surface area contributed by atoms with Crippen molar-refractivity contribution < 1.29 is 9.53 Å². The molecule has 1 fully saturated rings. The zero-order chi connectivity index (χ0) is 19.6. The van der Waals surface area contributed by atoms with Gasteiger partial charge in [0.2, 0.25) is 0 Å². The minimum Gasteiger partial charge on any atom is -0.479 e. The lowest BCUT2D eigenvalue weighted by Crippen LogP contribution is -2.27. The van der Waals surface area contributed by atoms with Crippen molar-refractivity contribution in [2.75, 3.05) is 11.5 Å². The molecule has 1 heterocycles. The number of carbonyl (C=O) groups is 1. The van der Waals surface area contributed by atoms with Gasteiger partial charge in [0.15, 0.2) is 4.32 Å². The van der Waals surface area contributed by atoms with Crippen LogP contribution in [0.5, 0.6) is 5.75 Å². The highest BCUT2D eigenvalue weighted by Crippen LogP contribution is 2.37. The SMILES string of the molecule is C#CCOc1c(I)cc(/C=C2\SC(=S)N(c3ccc(Br)cc3)C2=O)cc1I. The van der Waals surface area contributed by atoms with Crippen LogP contribution in [0.1, 0.15) is 5.56 Å². The quantitative estimate of drug-likeness (QED) is 0.170. The van der Waals surface area contributed by atoms with Gasteiger partial charge in [0.25, 0.3) is 5.91 Å². The Labute approximate surface area is 202 Å². The number of anilines is 1. The molecule has 27 heavy (non-hydrogen) atoms. The third-order valence-electron chi connectivity index (χ3n) is 3.50. The number of benzene rings is 2. The minimum absolute atomic E-state index is 0.120. The summed E-state index contributed by atoms with van der Waals surface area (Å²) in [5.41, 5.74) is 1.67. The molecule has 1 aliphatic rings. The number of thioether (sulfide) groups is 1. The number of thiocarbonyl (C=S) groups is 1. The minimum atomic E-state index is -0.120. The zero-order valence-corrected chi connectivity index (χ0v) is 21.1. The third kappa shape index (κ3) is 4.87. The van der Waals surface area contributed by atoms with E-state index in [0.717, 1.165) is 28.6 Å². The standard InChI is InChI=1S/C19H10BrI2NO2S2/c1-2-7-25-17-14(21)8-11(9-15(17)22)10-16-18(24)23(19(26)27-16)13-5-3-12(20)4-6-13/h1,3-6,8-10H,7H2/b16-10-. The normalized spacial score (nSPS) is 15.3. The van der Waals surface area contributed by atoms with E-state index < -0.39 is 0 Å². The van der Waals surface area contributed by atoms with E-state index in [1.165, 1.54) is 11.8 Å². The lowest BCUT2D eigenvalue weighted by molar-refractivity contribution is -0.113. The van der Waals surface area contributed by atoms with E-state index in [0.29, 0.717) is 9.23 Å². The van der Waals surface area contributed by atoms with Gasteiger partial charge in [0.1, 0.15) is 12.4 Å². The van der Waals surface area contributed by atoms with Crippen LogP contribution in [-0.4, -0.2) is 16.8 Å². The van der Waals surface area contributed by atoms with Crippen LogP contribution < -0.4 is 9.64 Å². The fourth-order valence-electron chi connectivity index (χ4n) is 2.35. The highest BCUT2D eigenvalue weighted by molar-refractivity contribution is 14.1. The van der Waals surface area contributed by atoms with Gasteiger partial charge in [-0.05, 0) is 93.2 Å². The summed E-state index contributed by atoms with van der Waals surface area (Å²) in [6, 6.07) is 11.4. The molecule has 0 bridgehead atoms. The van der Waals surface area contributed by atoms with Gasteiger partial charge in [-0.25, -0.2) is 0 Å². The van der Waals surface area contributed by atoms with Crippen molar-refractivity contribution in [3.05, 3.63) is 58.5 Å². The first-order valence-electron chi connectivity index (χ1n) is 7.49. The predicted molar refractivity (Wildman–Crippen MR) is 136 cm³/mol. The molecular weight excluding hydrogens is 672 g/mol. The van der Waals surface area contributed by atoms with Crippen LogP contribution in [0.15, 0.2) is 45.8 Å². The highest BCUT2D eigenvalue weighted by Gasteiger charge is 2.33. The van der Waals surface area contributed by atoms with Gasteiger partial charge in [-0.1, -0.05) is 45.8 Å². The van der Waals surface area contributed by atoms with Gasteiger partial charge >= 0.3 is 0 Å². The topological polar surface area (TPSA) is 29.5 Å². The molecule has 3 rings (SSSR count). The smallest absolute Gasteiger partial charge is 0.270 e. The van der Waals surface area contributed by atoms with Crippen LogP contribution >= 0.6 is 85.1 Å². The fraction of sp³-hybridized carbons (Fsp3) is 0.0526. The molecule has 0 N–H and O–H groups in total. The Morgan fingerprint density at radius 2 is 1.89 bits per heavy atom. The van der Waals surface area contributed by atoms with Crippen molar-refractivity contribution in [1.29, 1.82) is 0 Å². The van der Waals surface area contributed by atoms with Crippen molar-refractivity contribution in [2.45, 2.75) is 0 Å². The number of hydrogen-bond donors (Lipinski definition) is 0. The Bertz CT molecular complexity index is 977. The molecule has 0 atom stereocenters. The Hall–Kier alpha value is -0.610. The lowest BCUT2D eigenvalue weighted by Gasteiger charge is -2.14. The van der Waals surface area contributed by atoms with Gasteiger partial charge in [-0.15, -0.1) is 6.42 Å². The first-order chi connectivity index (χ1) is 12.9. The number of hydrogen-bond acceptors (Lipinski definition) is 4. The lowest BCUT2D eigenvalue weighted by atomic mass is 10.2. The molecule has 0 aliphatic carbocycles. The zero-order valence-electron chi connectivity index (χ0n) is 13.5. The molecule has 2 aromatic rings. The first-order valence-corrected chi connectivity index (χ1v) is 11.7. The molecule has 1 aliphatic heterocycles. The van der Waals surface area contributed by atoms with E-state index in [9.17, 15) is 4.79 Å². The molecule has 0 aromatic heterocycles. The van der Waals surface area contributed by atoms with E-state index in [-0.39, 0.29) is 12.5 Å². The second-order valence-corrected chi connectivity index (χ2v) is 10.2. The average molecular weight is 682 g/mol. The molecule has 8 heteroatoms. The second kappa shape index (κ2) is 9.26. The average Bonchev–Trinajstić information content (AvgIpc) is 2.89. The van der Waals surface area contributed by atoms with Crippen molar-refractivity contribution in [3.63, 3.8) is 0 Å². The number of halogens is 3. The summed E-state index contributed by atoms with van der Waals surface area (Å²) in [6.45, 7) is 0.219. The van der Waals surface area contributed by atoms with Crippen LogP contribution in [-0.2, 0) is 4.79 Å². The first kappa shape index (κ1) is 21.1. The van der Waals surface area contributed by atoms with Crippen molar-refractivity contribution >= 4 is 107 Å². The molecule has 136 valence electrons. The van der Waals surface area contributed by atoms with E-state index in [1.807, 2.05) is 42.5 Å². The largest absolute Gasteiger partial charge is 0.479 e. The summed E-state index contributed by atoms with van der Waals surface area (Å²) >= 11 is 14.5. The van der Waals surface area contributed by atoms with Gasteiger partial charge in [-0.2, -0.15) is 0 Å². The van der Waals surface area contributed by atoms with Gasteiger partial charge in [-0.3, -0.25) is 9.69 Å². The van der Waals surface area contributed by atoms with Crippen molar-refractivity contribution in [2.24, 2.45) is 0 Å². The molecule has 3 nitrogen and oxygen atoms in total. The number of ether oxygens (including phenoxy) is 1. The number of terminal acetylenes is 1. The van der Waals surface area contributed by atoms with Gasteiger partial charge in [0.05, 0.1) is 17.7 Å². The molecule has 1 saturated heterocycles. The fourth-order valence-corrected chi connectivity index (χ4v) is 6.04. The Kier molecular flexibility index (Phi) is 7.24. The summed E-state index contributed by atoms with van der Waals surface area (Å²) in [5.74, 6) is 3.10. The van der Waals surface area contributed by atoms with E-state index in [2.05, 4.69) is 67.0 Å².